The largest absolute Gasteiger partial charge is 0.471 e. The van der Waals surface area contributed by atoms with Crippen molar-refractivity contribution in [3.8, 4) is 0 Å². The highest BCUT2D eigenvalue weighted by Crippen LogP contribution is 2.30. The Morgan fingerprint density at radius 1 is 1.03 bits per heavy atom. The smallest absolute Gasteiger partial charge is 0.465 e. The van der Waals surface area contributed by atoms with Crippen LogP contribution in [0.15, 0.2) is 24.3 Å². The standard InChI is InChI=1S/C20H28F3N3O3/c1-13(2)12-17(25-8-10-26(11-9-25)19(28)29)16-6-4-15(5-7-16)14(3)24-18(27)20(21,22)23/h4-7,13-14,17H,8-12H2,1-3H3,(H,24,27)(H,28,29). The molecule has 1 aromatic rings. The molecule has 1 fully saturated rings. The van der Waals surface area contributed by atoms with Crippen LogP contribution in [-0.4, -0.2) is 59.3 Å². The van der Waals surface area contributed by atoms with E-state index < -0.39 is 24.2 Å². The van der Waals surface area contributed by atoms with E-state index in [1.807, 2.05) is 17.4 Å². The van der Waals surface area contributed by atoms with Crippen LogP contribution in [-0.2, 0) is 4.79 Å². The van der Waals surface area contributed by atoms with Crippen LogP contribution in [0.5, 0.6) is 0 Å². The lowest BCUT2D eigenvalue weighted by Crippen LogP contribution is -2.49. The Morgan fingerprint density at radius 3 is 2.00 bits per heavy atom. The molecule has 0 saturated carbocycles. The van der Waals surface area contributed by atoms with Crippen LogP contribution >= 0.6 is 0 Å². The highest BCUT2D eigenvalue weighted by Gasteiger charge is 2.39. The number of carboxylic acid groups (broad SMARTS) is 1. The van der Waals surface area contributed by atoms with Crippen molar-refractivity contribution in [2.45, 2.75) is 45.5 Å². The molecule has 2 atom stereocenters. The summed E-state index contributed by atoms with van der Waals surface area (Å²) in [4.78, 5) is 25.9. The van der Waals surface area contributed by atoms with Crippen LogP contribution in [0, 0.1) is 5.92 Å². The Labute approximate surface area is 168 Å². The minimum absolute atomic E-state index is 0.0973. The monoisotopic (exact) mass is 415 g/mol. The summed E-state index contributed by atoms with van der Waals surface area (Å²) in [5.41, 5.74) is 1.62. The van der Waals surface area contributed by atoms with Gasteiger partial charge in [0.15, 0.2) is 0 Å². The number of nitrogens with one attached hydrogen (secondary N) is 1. The molecule has 0 bridgehead atoms. The molecule has 1 aromatic carbocycles. The summed E-state index contributed by atoms with van der Waals surface area (Å²) in [6.07, 6.45) is -4.94. The lowest BCUT2D eigenvalue weighted by atomic mass is 9.93. The number of carbonyl (C=O) groups is 2. The summed E-state index contributed by atoms with van der Waals surface area (Å²) >= 11 is 0. The van der Waals surface area contributed by atoms with Gasteiger partial charge in [-0.15, -0.1) is 0 Å². The summed E-state index contributed by atoms with van der Waals surface area (Å²) in [7, 11) is 0. The van der Waals surface area contributed by atoms with E-state index in [0.29, 0.717) is 37.7 Å². The lowest BCUT2D eigenvalue weighted by molar-refractivity contribution is -0.174. The van der Waals surface area contributed by atoms with Crippen molar-refractivity contribution in [2.75, 3.05) is 26.2 Å². The van der Waals surface area contributed by atoms with Crippen molar-refractivity contribution in [3.63, 3.8) is 0 Å². The Hall–Kier alpha value is -2.29. The minimum atomic E-state index is -4.91. The van der Waals surface area contributed by atoms with Crippen molar-refractivity contribution in [1.82, 2.24) is 15.1 Å². The van der Waals surface area contributed by atoms with E-state index in [4.69, 9.17) is 5.11 Å². The number of rotatable bonds is 6. The van der Waals surface area contributed by atoms with Crippen molar-refractivity contribution in [2.24, 2.45) is 5.92 Å². The molecule has 2 N–H and O–H groups in total. The molecule has 6 nitrogen and oxygen atoms in total. The molecule has 162 valence electrons. The van der Waals surface area contributed by atoms with E-state index in [-0.39, 0.29) is 6.04 Å². The molecule has 1 aliphatic rings. The maximum atomic E-state index is 12.4. The van der Waals surface area contributed by atoms with Gasteiger partial charge in [0.1, 0.15) is 0 Å². The van der Waals surface area contributed by atoms with Gasteiger partial charge in [0.05, 0.1) is 6.04 Å². The van der Waals surface area contributed by atoms with Gasteiger partial charge in [0, 0.05) is 32.2 Å². The molecule has 2 amide bonds. The molecule has 29 heavy (non-hydrogen) atoms. The molecule has 9 heteroatoms. The summed E-state index contributed by atoms with van der Waals surface area (Å²) in [5, 5.41) is 11.1. The zero-order valence-corrected chi connectivity index (χ0v) is 16.9. The molecule has 1 aliphatic heterocycles. The van der Waals surface area contributed by atoms with Gasteiger partial charge in [-0.3, -0.25) is 9.69 Å². The van der Waals surface area contributed by atoms with Gasteiger partial charge in [-0.1, -0.05) is 38.1 Å². The highest BCUT2D eigenvalue weighted by atomic mass is 19.4. The third kappa shape index (κ3) is 6.35. The molecule has 2 unspecified atom stereocenters. The fraction of sp³-hybridized carbons (Fsp3) is 0.600. The maximum absolute atomic E-state index is 12.4. The second-order valence-corrected chi connectivity index (χ2v) is 7.81. The third-order valence-electron chi connectivity index (χ3n) is 5.15. The number of hydrogen-bond donors (Lipinski definition) is 2. The molecular weight excluding hydrogens is 387 g/mol. The van der Waals surface area contributed by atoms with E-state index in [1.54, 1.807) is 12.1 Å². The Balaban J connectivity index is 2.10. The van der Waals surface area contributed by atoms with E-state index >= 15 is 0 Å². The molecule has 1 heterocycles. The van der Waals surface area contributed by atoms with Crippen LogP contribution in [0.1, 0.15) is 50.4 Å². The second-order valence-electron chi connectivity index (χ2n) is 7.81. The molecule has 0 spiro atoms. The van der Waals surface area contributed by atoms with Gasteiger partial charge in [0.25, 0.3) is 0 Å². The molecular formula is C20H28F3N3O3. The molecule has 0 aliphatic carbocycles. The molecule has 0 aromatic heterocycles. The topological polar surface area (TPSA) is 72.9 Å². The Morgan fingerprint density at radius 2 is 1.55 bits per heavy atom. The lowest BCUT2D eigenvalue weighted by Gasteiger charge is -2.39. The number of alkyl halides is 3. The first-order valence-corrected chi connectivity index (χ1v) is 9.68. The number of halogens is 3. The second kappa shape index (κ2) is 9.47. The van der Waals surface area contributed by atoms with Crippen LogP contribution in [0.2, 0.25) is 0 Å². The molecule has 1 saturated heterocycles. The number of benzene rings is 1. The zero-order valence-electron chi connectivity index (χ0n) is 16.9. The van der Waals surface area contributed by atoms with Gasteiger partial charge in [0.2, 0.25) is 0 Å². The predicted octanol–water partition coefficient (Wildman–Crippen LogP) is 3.81. The van der Waals surface area contributed by atoms with Gasteiger partial charge in [-0.2, -0.15) is 13.2 Å². The van der Waals surface area contributed by atoms with Crippen LogP contribution in [0.3, 0.4) is 0 Å². The number of nitrogens with zero attached hydrogens (tertiary/aromatic N) is 2. The fourth-order valence-electron chi connectivity index (χ4n) is 3.54. The summed E-state index contributed by atoms with van der Waals surface area (Å²) in [6.45, 7) is 7.89. The maximum Gasteiger partial charge on any atom is 0.471 e. The van der Waals surface area contributed by atoms with Gasteiger partial charge in [-0.05, 0) is 30.4 Å². The van der Waals surface area contributed by atoms with Crippen molar-refractivity contribution < 1.29 is 27.9 Å². The highest BCUT2D eigenvalue weighted by molar-refractivity contribution is 5.82. The van der Waals surface area contributed by atoms with Gasteiger partial charge < -0.3 is 15.3 Å². The first-order chi connectivity index (χ1) is 13.5. The first kappa shape index (κ1) is 23.0. The minimum Gasteiger partial charge on any atom is -0.465 e. The summed E-state index contributed by atoms with van der Waals surface area (Å²) in [5.74, 6) is -1.54. The van der Waals surface area contributed by atoms with Gasteiger partial charge in [-0.25, -0.2) is 4.79 Å². The zero-order chi connectivity index (χ0) is 21.8. The van der Waals surface area contributed by atoms with Crippen LogP contribution in [0.25, 0.3) is 0 Å². The van der Waals surface area contributed by atoms with Crippen molar-refractivity contribution >= 4 is 12.0 Å². The Kier molecular flexibility index (Phi) is 7.51. The van der Waals surface area contributed by atoms with Gasteiger partial charge >= 0.3 is 18.2 Å². The van der Waals surface area contributed by atoms with Crippen LogP contribution in [0.4, 0.5) is 18.0 Å². The summed E-state index contributed by atoms with van der Waals surface area (Å²) < 4.78 is 37.3. The molecule has 0 radical (unpaired) electrons. The number of amides is 2. The average molecular weight is 415 g/mol. The fourth-order valence-corrected chi connectivity index (χ4v) is 3.54. The van der Waals surface area contributed by atoms with Crippen molar-refractivity contribution in [1.29, 1.82) is 0 Å². The van der Waals surface area contributed by atoms with E-state index in [1.165, 1.54) is 11.8 Å². The van der Waals surface area contributed by atoms with E-state index in [0.717, 1.165) is 12.0 Å². The number of carbonyl (C=O) groups excluding carboxylic acids is 1. The number of hydrogen-bond acceptors (Lipinski definition) is 3. The van der Waals surface area contributed by atoms with Crippen LogP contribution < -0.4 is 5.32 Å². The predicted molar refractivity (Wildman–Crippen MR) is 102 cm³/mol. The van der Waals surface area contributed by atoms with Crippen molar-refractivity contribution in [3.05, 3.63) is 35.4 Å². The average Bonchev–Trinajstić information content (AvgIpc) is 2.65. The summed E-state index contributed by atoms with van der Waals surface area (Å²) in [6, 6.07) is 6.56. The Bertz CT molecular complexity index is 699. The SMILES string of the molecule is CC(C)CC(c1ccc(C(C)NC(=O)C(F)(F)F)cc1)N1CCN(C(=O)O)CC1. The van der Waals surface area contributed by atoms with E-state index in [9.17, 15) is 22.8 Å². The molecule has 2 rings (SSSR count). The number of piperazine rings is 1. The quantitative estimate of drug-likeness (QED) is 0.741. The normalized spacial score (nSPS) is 17.8. The first-order valence-electron chi connectivity index (χ1n) is 9.68. The van der Waals surface area contributed by atoms with E-state index in [2.05, 4.69) is 18.7 Å². The third-order valence-corrected chi connectivity index (χ3v) is 5.15.